The van der Waals surface area contributed by atoms with Crippen LogP contribution in [0.2, 0.25) is 0 Å². The predicted molar refractivity (Wildman–Crippen MR) is 36.9 cm³/mol. The summed E-state index contributed by atoms with van der Waals surface area (Å²) in [5.74, 6) is 0.559. The molecule has 1 rings (SSSR count). The summed E-state index contributed by atoms with van der Waals surface area (Å²) >= 11 is 0. The molecule has 0 saturated heterocycles. The Morgan fingerprint density at radius 1 is 1.80 bits per heavy atom. The Hall–Kier alpha value is -1.22. The molecule has 0 N–H and O–H groups in total. The molecule has 10 heavy (non-hydrogen) atoms. The molecule has 0 aromatic rings. The van der Waals surface area contributed by atoms with Crippen LogP contribution < -0.4 is 0 Å². The molecule has 0 spiro atoms. The third-order valence-corrected chi connectivity index (χ3v) is 1.13. The fourth-order valence-corrected chi connectivity index (χ4v) is 0.692. The van der Waals surface area contributed by atoms with E-state index in [9.17, 15) is 0 Å². The van der Waals surface area contributed by atoms with Crippen LogP contribution in [0.3, 0.4) is 0 Å². The molecule has 0 aliphatic carbocycles. The van der Waals surface area contributed by atoms with Gasteiger partial charge in [0.1, 0.15) is 6.54 Å². The van der Waals surface area contributed by atoms with Crippen LogP contribution in [0.4, 0.5) is 0 Å². The first-order valence-corrected chi connectivity index (χ1v) is 3.10. The van der Waals surface area contributed by atoms with Crippen LogP contribution in [-0.2, 0) is 4.74 Å². The van der Waals surface area contributed by atoms with Crippen LogP contribution in [0.1, 0.15) is 6.42 Å². The highest BCUT2D eigenvalue weighted by Crippen LogP contribution is 1.96. The van der Waals surface area contributed by atoms with E-state index in [1.807, 2.05) is 0 Å². The van der Waals surface area contributed by atoms with Crippen LogP contribution >= 0.6 is 0 Å². The highest BCUT2D eigenvalue weighted by Gasteiger charge is 2.02. The average Bonchev–Trinajstić information content (AvgIpc) is 2.03. The van der Waals surface area contributed by atoms with Crippen LogP contribution in [0, 0.1) is 0 Å². The van der Waals surface area contributed by atoms with Crippen LogP contribution in [0.15, 0.2) is 10.1 Å². The minimum Gasteiger partial charge on any atom is -0.481 e. The van der Waals surface area contributed by atoms with E-state index in [0.717, 1.165) is 13.0 Å². The number of azide groups is 1. The van der Waals surface area contributed by atoms with Gasteiger partial charge < -0.3 is 4.74 Å². The van der Waals surface area contributed by atoms with Gasteiger partial charge in [0.2, 0.25) is 0 Å². The van der Waals surface area contributed by atoms with Gasteiger partial charge in [0.25, 0.3) is 0 Å². The predicted octanol–water partition coefficient (Wildman–Crippen LogP) is 1.12. The molecule has 0 atom stereocenters. The van der Waals surface area contributed by atoms with E-state index < -0.39 is 0 Å². The number of nitrogens with zero attached hydrogens (tertiary/aromatic N) is 4. The molecule has 5 heteroatoms. The fraction of sp³-hybridized carbons (Fsp3) is 0.800. The molecule has 0 bridgehead atoms. The van der Waals surface area contributed by atoms with Crippen molar-refractivity contribution in [3.8, 4) is 0 Å². The lowest BCUT2D eigenvalue weighted by Crippen LogP contribution is -2.15. The fourth-order valence-electron chi connectivity index (χ4n) is 0.692. The lowest BCUT2D eigenvalue weighted by Gasteiger charge is -2.10. The van der Waals surface area contributed by atoms with Gasteiger partial charge in [-0.2, -0.15) is 0 Å². The molecule has 54 valence electrons. The Morgan fingerprint density at radius 3 is 3.30 bits per heavy atom. The van der Waals surface area contributed by atoms with E-state index in [4.69, 9.17) is 10.3 Å². The molecule has 0 saturated carbocycles. The molecule has 1 aliphatic heterocycles. The van der Waals surface area contributed by atoms with Gasteiger partial charge in [-0.05, 0) is 5.53 Å². The van der Waals surface area contributed by atoms with Crippen LogP contribution in [0.25, 0.3) is 10.4 Å². The second-order valence-corrected chi connectivity index (χ2v) is 1.87. The van der Waals surface area contributed by atoms with Gasteiger partial charge in [-0.3, -0.25) is 4.99 Å². The van der Waals surface area contributed by atoms with E-state index >= 15 is 0 Å². The number of ether oxygens (including phenoxy) is 1. The zero-order valence-electron chi connectivity index (χ0n) is 5.53. The van der Waals surface area contributed by atoms with Crippen molar-refractivity contribution in [1.82, 2.24) is 0 Å². The molecule has 0 aromatic carbocycles. The molecule has 1 aliphatic rings. The molecular formula is C5H8N4O. The van der Waals surface area contributed by atoms with Gasteiger partial charge in [0, 0.05) is 17.9 Å². The van der Waals surface area contributed by atoms with E-state index in [1.165, 1.54) is 0 Å². The second-order valence-electron chi connectivity index (χ2n) is 1.87. The van der Waals surface area contributed by atoms with Gasteiger partial charge in [0.05, 0.1) is 6.61 Å². The molecule has 0 aromatic heterocycles. The topological polar surface area (TPSA) is 70.4 Å². The van der Waals surface area contributed by atoms with Gasteiger partial charge >= 0.3 is 0 Å². The first-order valence-electron chi connectivity index (χ1n) is 3.10. The summed E-state index contributed by atoms with van der Waals surface area (Å²) in [6.45, 7) is 1.73. The summed E-state index contributed by atoms with van der Waals surface area (Å²) < 4.78 is 5.07. The van der Waals surface area contributed by atoms with Crippen LogP contribution in [0.5, 0.6) is 0 Å². The molecule has 0 amide bonds. The zero-order chi connectivity index (χ0) is 7.23. The Morgan fingerprint density at radius 2 is 2.70 bits per heavy atom. The van der Waals surface area contributed by atoms with Gasteiger partial charge in [-0.15, -0.1) is 0 Å². The number of aliphatic imine (C=N–C) groups is 1. The Labute approximate surface area is 58.3 Å². The van der Waals surface area contributed by atoms with Gasteiger partial charge in [-0.25, -0.2) is 0 Å². The van der Waals surface area contributed by atoms with Crippen molar-refractivity contribution in [2.45, 2.75) is 6.42 Å². The van der Waals surface area contributed by atoms with Crippen molar-refractivity contribution in [3.05, 3.63) is 10.4 Å². The summed E-state index contributed by atoms with van der Waals surface area (Å²) in [5.41, 5.74) is 7.94. The van der Waals surface area contributed by atoms with Crippen molar-refractivity contribution >= 4 is 5.90 Å². The van der Waals surface area contributed by atoms with E-state index in [2.05, 4.69) is 15.0 Å². The van der Waals surface area contributed by atoms with Crippen molar-refractivity contribution in [2.24, 2.45) is 10.1 Å². The third kappa shape index (κ3) is 1.95. The lowest BCUT2D eigenvalue weighted by molar-refractivity contribution is 0.277. The molecule has 5 nitrogen and oxygen atoms in total. The molecule has 0 fully saturated rings. The Bertz CT molecular complexity index is 182. The summed E-state index contributed by atoms with van der Waals surface area (Å²) in [4.78, 5) is 6.59. The van der Waals surface area contributed by atoms with Gasteiger partial charge in [0.15, 0.2) is 5.90 Å². The van der Waals surface area contributed by atoms with Crippen molar-refractivity contribution in [2.75, 3.05) is 19.7 Å². The first kappa shape index (κ1) is 6.89. The molecular weight excluding hydrogens is 132 g/mol. The average molecular weight is 140 g/mol. The normalized spacial score (nSPS) is 16.6. The second kappa shape index (κ2) is 3.74. The summed E-state index contributed by atoms with van der Waals surface area (Å²) in [6.07, 6.45) is 0.958. The minimum atomic E-state index is 0.247. The third-order valence-electron chi connectivity index (χ3n) is 1.13. The first-order chi connectivity index (χ1) is 4.93. The van der Waals surface area contributed by atoms with Gasteiger partial charge in [-0.1, -0.05) is 5.11 Å². The van der Waals surface area contributed by atoms with E-state index in [0.29, 0.717) is 12.5 Å². The molecule has 0 radical (unpaired) electrons. The maximum Gasteiger partial charge on any atom is 0.189 e. The number of hydrogen-bond acceptors (Lipinski definition) is 3. The van der Waals surface area contributed by atoms with Crippen LogP contribution in [-0.4, -0.2) is 25.6 Å². The largest absolute Gasteiger partial charge is 0.481 e. The molecule has 0 unspecified atom stereocenters. The minimum absolute atomic E-state index is 0.247. The lowest BCUT2D eigenvalue weighted by atomic mass is 10.4. The quantitative estimate of drug-likeness (QED) is 0.322. The number of rotatable bonds is 2. The van der Waals surface area contributed by atoms with E-state index in [1.54, 1.807) is 0 Å². The van der Waals surface area contributed by atoms with Crippen molar-refractivity contribution in [1.29, 1.82) is 0 Å². The zero-order valence-corrected chi connectivity index (χ0v) is 5.53. The van der Waals surface area contributed by atoms with Crippen molar-refractivity contribution in [3.63, 3.8) is 0 Å². The summed E-state index contributed by atoms with van der Waals surface area (Å²) in [6, 6.07) is 0. The highest BCUT2D eigenvalue weighted by molar-refractivity contribution is 5.78. The summed E-state index contributed by atoms with van der Waals surface area (Å²) in [5, 5.41) is 3.32. The Kier molecular flexibility index (Phi) is 2.58. The smallest absolute Gasteiger partial charge is 0.189 e. The highest BCUT2D eigenvalue weighted by atomic mass is 16.5. The summed E-state index contributed by atoms with van der Waals surface area (Å²) in [7, 11) is 0. The molecule has 1 heterocycles. The van der Waals surface area contributed by atoms with E-state index in [-0.39, 0.29) is 6.54 Å². The Balaban J connectivity index is 2.38. The number of hydrogen-bond donors (Lipinski definition) is 0. The standard InChI is InChI=1S/C5H8N4O/c6-9-8-4-5-7-2-1-3-10-5/h1-4H2. The SMILES string of the molecule is [N-]=[N+]=NCC1=NCCCO1. The maximum atomic E-state index is 7.94. The van der Waals surface area contributed by atoms with Crippen molar-refractivity contribution < 1.29 is 4.74 Å². The monoisotopic (exact) mass is 140 g/mol. The maximum absolute atomic E-state index is 7.94.